The molecular weight excluding hydrogens is 414 g/mol. The number of halogens is 1. The van der Waals surface area contributed by atoms with Gasteiger partial charge in [0.2, 0.25) is 11.8 Å². The Balaban J connectivity index is 1.34. The molecule has 31 heavy (non-hydrogen) atoms. The minimum atomic E-state index is 0.142. The molecule has 4 rings (SSSR count). The quantitative estimate of drug-likeness (QED) is 0.628. The van der Waals surface area contributed by atoms with Crippen molar-refractivity contribution in [2.45, 2.75) is 51.5 Å². The largest absolute Gasteiger partial charge is 0.476 e. The fourth-order valence-electron chi connectivity index (χ4n) is 4.42. The summed E-state index contributed by atoms with van der Waals surface area (Å²) in [4.78, 5) is 8.78. The van der Waals surface area contributed by atoms with Crippen molar-refractivity contribution >= 4 is 23.2 Å². The molecule has 2 aliphatic carbocycles. The molecule has 0 saturated heterocycles. The van der Waals surface area contributed by atoms with Crippen LogP contribution in [0.4, 0.5) is 11.6 Å². The van der Waals surface area contributed by atoms with Gasteiger partial charge in [-0.05, 0) is 70.9 Å². The molecule has 2 aliphatic rings. The maximum absolute atomic E-state index is 8.98. The average Bonchev–Trinajstić information content (AvgIpc) is 3.08. The monoisotopic (exact) mass is 443 g/mol. The molecule has 8 nitrogen and oxygen atoms in total. The number of rotatable bonds is 8. The first-order chi connectivity index (χ1) is 15.1. The summed E-state index contributed by atoms with van der Waals surface area (Å²) in [5.41, 5.74) is 1.70. The Bertz CT molecular complexity index is 926. The van der Waals surface area contributed by atoms with Gasteiger partial charge in [0.25, 0.3) is 0 Å². The van der Waals surface area contributed by atoms with Crippen molar-refractivity contribution in [2.75, 3.05) is 25.5 Å². The molecule has 0 radical (unpaired) electrons. The molecule has 0 unspecified atom stereocenters. The van der Waals surface area contributed by atoms with Crippen molar-refractivity contribution in [3.8, 4) is 11.9 Å². The highest BCUT2D eigenvalue weighted by Crippen LogP contribution is 2.38. The van der Waals surface area contributed by atoms with E-state index in [9.17, 15) is 0 Å². The normalized spacial score (nSPS) is 25.5. The summed E-state index contributed by atoms with van der Waals surface area (Å²) in [6.07, 6.45) is 10.0. The number of nitriles is 1. The van der Waals surface area contributed by atoms with Crippen LogP contribution < -0.4 is 15.4 Å². The summed E-state index contributed by atoms with van der Waals surface area (Å²) in [6, 6.07) is 2.60. The molecule has 2 N–H and O–H groups in total. The summed E-state index contributed by atoms with van der Waals surface area (Å²) >= 11 is 6.28. The number of aryl methyl sites for hydroxylation is 1. The predicted octanol–water partition coefficient (Wildman–Crippen LogP) is 4.26. The molecule has 2 aromatic heterocycles. The molecule has 0 aliphatic heterocycles. The Morgan fingerprint density at radius 1 is 1.26 bits per heavy atom. The average molecular weight is 444 g/mol. The van der Waals surface area contributed by atoms with E-state index in [4.69, 9.17) is 21.6 Å². The van der Waals surface area contributed by atoms with Crippen LogP contribution in [0.25, 0.3) is 0 Å². The van der Waals surface area contributed by atoms with Crippen molar-refractivity contribution < 1.29 is 4.74 Å². The molecule has 2 saturated carbocycles. The SMILES string of the molecule is CNCC1CCC(COc2nc(Nc3cn(C4CC(C#N)C4)nc3C)ncc2Cl)CC1. The molecule has 0 bridgehead atoms. The number of hydrogen-bond acceptors (Lipinski definition) is 7. The van der Waals surface area contributed by atoms with E-state index in [2.05, 4.69) is 31.8 Å². The van der Waals surface area contributed by atoms with Crippen LogP contribution >= 0.6 is 11.6 Å². The molecule has 2 heterocycles. The van der Waals surface area contributed by atoms with Gasteiger partial charge >= 0.3 is 0 Å². The Morgan fingerprint density at radius 2 is 2.00 bits per heavy atom. The first kappa shape index (κ1) is 21.8. The molecule has 2 fully saturated rings. The second-order valence-electron chi connectivity index (χ2n) is 8.79. The zero-order valence-corrected chi connectivity index (χ0v) is 18.9. The van der Waals surface area contributed by atoms with E-state index in [1.807, 2.05) is 24.9 Å². The van der Waals surface area contributed by atoms with Crippen LogP contribution in [-0.2, 0) is 0 Å². The van der Waals surface area contributed by atoms with Crippen LogP contribution in [0.1, 0.15) is 50.3 Å². The summed E-state index contributed by atoms with van der Waals surface area (Å²) < 4.78 is 7.92. The standard InChI is InChI=1S/C22H30ClN7O/c1-14-20(12-30(29-14)18-7-17(8-18)9-24)27-22-26-11-19(23)21(28-22)31-13-16-5-3-15(4-6-16)10-25-2/h11-12,15-18,25H,3-8,10,13H2,1-2H3,(H,26,27,28). The maximum atomic E-state index is 8.98. The summed E-state index contributed by atoms with van der Waals surface area (Å²) in [5.74, 6) is 2.30. The smallest absolute Gasteiger partial charge is 0.237 e. The van der Waals surface area contributed by atoms with Gasteiger partial charge < -0.3 is 15.4 Å². The second-order valence-corrected chi connectivity index (χ2v) is 9.19. The Hall–Kier alpha value is -2.37. The van der Waals surface area contributed by atoms with Crippen molar-refractivity contribution in [3.05, 3.63) is 23.1 Å². The Labute approximate surface area is 188 Å². The van der Waals surface area contributed by atoms with Gasteiger partial charge in [-0.2, -0.15) is 15.3 Å². The van der Waals surface area contributed by atoms with E-state index in [-0.39, 0.29) is 12.0 Å². The van der Waals surface area contributed by atoms with Gasteiger partial charge in [-0.1, -0.05) is 11.6 Å². The van der Waals surface area contributed by atoms with E-state index >= 15 is 0 Å². The van der Waals surface area contributed by atoms with Crippen molar-refractivity contribution in [3.63, 3.8) is 0 Å². The van der Waals surface area contributed by atoms with Crippen LogP contribution in [0.3, 0.4) is 0 Å². The van der Waals surface area contributed by atoms with Crippen LogP contribution in [0.5, 0.6) is 5.88 Å². The number of aromatic nitrogens is 4. The summed E-state index contributed by atoms with van der Waals surface area (Å²) in [5, 5.41) is 20.5. The molecule has 9 heteroatoms. The lowest BCUT2D eigenvalue weighted by molar-refractivity contribution is 0.178. The van der Waals surface area contributed by atoms with Gasteiger partial charge in [0, 0.05) is 6.20 Å². The van der Waals surface area contributed by atoms with Crippen LogP contribution in [0, 0.1) is 36.0 Å². The van der Waals surface area contributed by atoms with Gasteiger partial charge in [0.1, 0.15) is 5.02 Å². The molecule has 0 aromatic carbocycles. The summed E-state index contributed by atoms with van der Waals surface area (Å²) in [6.45, 7) is 3.66. The van der Waals surface area contributed by atoms with E-state index in [1.54, 1.807) is 6.20 Å². The van der Waals surface area contributed by atoms with E-state index < -0.39 is 0 Å². The molecule has 166 valence electrons. The number of nitrogens with one attached hydrogen (secondary N) is 2. The molecule has 2 aromatic rings. The van der Waals surface area contributed by atoms with E-state index in [0.717, 1.165) is 36.7 Å². The third-order valence-electron chi connectivity index (χ3n) is 6.46. The van der Waals surface area contributed by atoms with Gasteiger partial charge in [0.05, 0.1) is 42.2 Å². The minimum Gasteiger partial charge on any atom is -0.476 e. The van der Waals surface area contributed by atoms with Gasteiger partial charge in [0.15, 0.2) is 0 Å². The molecular formula is C22H30ClN7O. The third kappa shape index (κ3) is 5.28. The highest BCUT2D eigenvalue weighted by molar-refractivity contribution is 6.31. The lowest BCUT2D eigenvalue weighted by Gasteiger charge is -2.30. The van der Waals surface area contributed by atoms with Crippen LogP contribution in [0.2, 0.25) is 5.02 Å². The number of nitrogens with zero attached hydrogens (tertiary/aromatic N) is 5. The lowest BCUT2D eigenvalue weighted by atomic mass is 9.81. The Kier molecular flexibility index (Phi) is 6.93. The summed E-state index contributed by atoms with van der Waals surface area (Å²) in [7, 11) is 2.02. The zero-order chi connectivity index (χ0) is 21.8. The van der Waals surface area contributed by atoms with Crippen LogP contribution in [0.15, 0.2) is 12.4 Å². The van der Waals surface area contributed by atoms with E-state index in [1.165, 1.54) is 25.7 Å². The van der Waals surface area contributed by atoms with Crippen LogP contribution in [-0.4, -0.2) is 39.9 Å². The maximum Gasteiger partial charge on any atom is 0.237 e. The van der Waals surface area contributed by atoms with Gasteiger partial charge in [-0.25, -0.2) is 4.98 Å². The fraction of sp³-hybridized carbons (Fsp3) is 0.636. The van der Waals surface area contributed by atoms with E-state index in [0.29, 0.717) is 29.4 Å². The predicted molar refractivity (Wildman–Crippen MR) is 120 cm³/mol. The zero-order valence-electron chi connectivity index (χ0n) is 18.1. The highest BCUT2D eigenvalue weighted by Gasteiger charge is 2.31. The minimum absolute atomic E-state index is 0.142. The second kappa shape index (κ2) is 9.84. The molecule has 0 spiro atoms. The molecule has 0 amide bonds. The van der Waals surface area contributed by atoms with Gasteiger partial charge in [-0.3, -0.25) is 4.68 Å². The lowest BCUT2D eigenvalue weighted by Crippen LogP contribution is -2.26. The molecule has 0 atom stereocenters. The highest BCUT2D eigenvalue weighted by atomic mass is 35.5. The number of ether oxygens (including phenoxy) is 1. The first-order valence-corrected chi connectivity index (χ1v) is 11.5. The number of hydrogen-bond donors (Lipinski definition) is 2. The van der Waals surface area contributed by atoms with Crippen molar-refractivity contribution in [1.82, 2.24) is 25.1 Å². The Morgan fingerprint density at radius 3 is 2.71 bits per heavy atom. The third-order valence-corrected chi connectivity index (χ3v) is 6.72. The number of anilines is 2. The van der Waals surface area contributed by atoms with Crippen molar-refractivity contribution in [2.24, 2.45) is 17.8 Å². The first-order valence-electron chi connectivity index (χ1n) is 11.1. The topological polar surface area (TPSA) is 101 Å². The van der Waals surface area contributed by atoms with Gasteiger partial charge in [-0.15, -0.1) is 0 Å². The fourth-order valence-corrected chi connectivity index (χ4v) is 4.57. The van der Waals surface area contributed by atoms with Crippen molar-refractivity contribution in [1.29, 1.82) is 5.26 Å².